The first-order valence-corrected chi connectivity index (χ1v) is 3.90. The van der Waals surface area contributed by atoms with E-state index in [1.165, 1.54) is 7.11 Å². The van der Waals surface area contributed by atoms with E-state index in [9.17, 15) is 0 Å². The van der Waals surface area contributed by atoms with E-state index < -0.39 is 0 Å². The van der Waals surface area contributed by atoms with E-state index in [2.05, 4.69) is 15.4 Å². The lowest BCUT2D eigenvalue weighted by molar-refractivity contribution is 0.0855. The van der Waals surface area contributed by atoms with Crippen molar-refractivity contribution in [3.05, 3.63) is 17.5 Å². The Balaban J connectivity index is 2.78. The molecular weight excluding hydrogens is 170 g/mol. The number of hydrogen-bond acceptors (Lipinski definition) is 5. The van der Waals surface area contributed by atoms with Gasteiger partial charge in [0.05, 0.1) is 26.5 Å². The van der Waals surface area contributed by atoms with Crippen molar-refractivity contribution in [1.29, 1.82) is 0 Å². The Kier molecular flexibility index (Phi) is 3.60. The van der Waals surface area contributed by atoms with Crippen LogP contribution in [0.4, 0.5) is 0 Å². The first-order valence-electron chi connectivity index (χ1n) is 3.90. The van der Waals surface area contributed by atoms with Gasteiger partial charge >= 0.3 is 6.01 Å². The number of nitrogens with zero attached hydrogens (tertiary/aromatic N) is 2. The highest BCUT2D eigenvalue weighted by Crippen LogP contribution is 2.07. The molecule has 5 heteroatoms. The van der Waals surface area contributed by atoms with E-state index in [1.54, 1.807) is 13.3 Å². The molecule has 0 saturated carbocycles. The molecule has 0 saturated heterocycles. The summed E-state index contributed by atoms with van der Waals surface area (Å²) in [4.78, 5) is 12.8. The summed E-state index contributed by atoms with van der Waals surface area (Å²) in [6.45, 7) is 2.48. The van der Waals surface area contributed by atoms with Crippen molar-refractivity contribution in [3.63, 3.8) is 0 Å². The Morgan fingerprint density at radius 1 is 1.46 bits per heavy atom. The molecule has 1 aromatic rings. The van der Waals surface area contributed by atoms with E-state index in [1.807, 2.05) is 6.92 Å². The second kappa shape index (κ2) is 4.74. The Bertz CT molecular complexity index is 278. The van der Waals surface area contributed by atoms with Crippen molar-refractivity contribution >= 4 is 0 Å². The van der Waals surface area contributed by atoms with Gasteiger partial charge in [0.15, 0.2) is 0 Å². The van der Waals surface area contributed by atoms with Crippen LogP contribution in [-0.4, -0.2) is 24.2 Å². The van der Waals surface area contributed by atoms with E-state index in [0.29, 0.717) is 12.6 Å². The molecule has 0 unspecified atom stereocenters. The average Bonchev–Trinajstić information content (AvgIpc) is 2.17. The maximum absolute atomic E-state index is 4.90. The fourth-order valence-corrected chi connectivity index (χ4v) is 0.877. The Labute approximate surface area is 77.1 Å². The van der Waals surface area contributed by atoms with Crippen LogP contribution in [0.1, 0.15) is 11.3 Å². The quantitative estimate of drug-likeness (QED) is 0.686. The molecule has 1 aromatic heterocycles. The number of rotatable bonds is 4. The molecule has 1 N–H and O–H groups in total. The lowest BCUT2D eigenvalue weighted by atomic mass is 10.2. The minimum Gasteiger partial charge on any atom is -0.467 e. The van der Waals surface area contributed by atoms with Gasteiger partial charge in [-0.15, -0.1) is 0 Å². The van der Waals surface area contributed by atoms with Gasteiger partial charge in [-0.05, 0) is 12.5 Å². The molecule has 72 valence electrons. The molecule has 0 fully saturated rings. The van der Waals surface area contributed by atoms with Crippen molar-refractivity contribution in [3.8, 4) is 6.01 Å². The Morgan fingerprint density at radius 2 is 2.23 bits per heavy atom. The zero-order valence-electron chi connectivity index (χ0n) is 8.00. The Hall–Kier alpha value is -1.20. The molecule has 0 aliphatic carbocycles. The summed E-state index contributed by atoms with van der Waals surface area (Å²) in [6, 6.07) is 0.374. The third kappa shape index (κ3) is 2.64. The van der Waals surface area contributed by atoms with Crippen molar-refractivity contribution in [1.82, 2.24) is 15.4 Å². The van der Waals surface area contributed by atoms with Crippen LogP contribution in [0.2, 0.25) is 0 Å². The van der Waals surface area contributed by atoms with Gasteiger partial charge in [-0.2, -0.15) is 10.5 Å². The molecule has 0 amide bonds. The zero-order valence-corrected chi connectivity index (χ0v) is 8.00. The lowest BCUT2D eigenvalue weighted by Crippen LogP contribution is -2.13. The molecule has 0 aliphatic rings. The second-order valence-corrected chi connectivity index (χ2v) is 2.51. The maximum atomic E-state index is 4.90. The van der Waals surface area contributed by atoms with Crippen molar-refractivity contribution < 1.29 is 9.57 Å². The number of hydrogen-bond donors (Lipinski definition) is 1. The Morgan fingerprint density at radius 3 is 2.85 bits per heavy atom. The number of hydroxylamine groups is 1. The number of ether oxygens (including phenoxy) is 1. The largest absolute Gasteiger partial charge is 0.467 e. The standard InChI is InChI=1S/C8H13N3O2/c1-6-4-9-8(12-2)11-7(6)5-10-13-3/h4,10H,5H2,1-3H3. The normalized spacial score (nSPS) is 10.1. The van der Waals surface area contributed by atoms with Crippen LogP contribution in [0.5, 0.6) is 6.01 Å². The number of methoxy groups -OCH3 is 1. The van der Waals surface area contributed by atoms with Crippen LogP contribution in [0, 0.1) is 6.92 Å². The minimum absolute atomic E-state index is 0.374. The van der Waals surface area contributed by atoms with Crippen LogP contribution < -0.4 is 10.2 Å². The van der Waals surface area contributed by atoms with E-state index in [0.717, 1.165) is 11.3 Å². The smallest absolute Gasteiger partial charge is 0.316 e. The van der Waals surface area contributed by atoms with E-state index >= 15 is 0 Å². The predicted octanol–water partition coefficient (Wildman–Crippen LogP) is 0.445. The van der Waals surface area contributed by atoms with Crippen LogP contribution in [-0.2, 0) is 11.4 Å². The number of nitrogens with one attached hydrogen (secondary N) is 1. The van der Waals surface area contributed by atoms with Gasteiger partial charge in [-0.25, -0.2) is 4.98 Å². The number of aromatic nitrogens is 2. The SMILES string of the molecule is CONCc1nc(OC)ncc1C. The van der Waals surface area contributed by atoms with Crippen molar-refractivity contribution in [2.45, 2.75) is 13.5 Å². The molecule has 0 bridgehead atoms. The molecule has 0 spiro atoms. The van der Waals surface area contributed by atoms with Crippen LogP contribution in [0.3, 0.4) is 0 Å². The predicted molar refractivity (Wildman–Crippen MR) is 47.2 cm³/mol. The van der Waals surface area contributed by atoms with E-state index in [-0.39, 0.29) is 0 Å². The first kappa shape index (κ1) is 9.88. The summed E-state index contributed by atoms with van der Waals surface area (Å²) < 4.78 is 4.90. The highest BCUT2D eigenvalue weighted by Gasteiger charge is 2.02. The van der Waals surface area contributed by atoms with Gasteiger partial charge < -0.3 is 9.57 Å². The molecule has 0 aromatic carbocycles. The third-order valence-electron chi connectivity index (χ3n) is 1.62. The summed E-state index contributed by atoms with van der Waals surface area (Å²) in [5.41, 5.74) is 4.58. The first-order chi connectivity index (χ1) is 6.27. The summed E-state index contributed by atoms with van der Waals surface area (Å²) in [5, 5.41) is 0. The van der Waals surface area contributed by atoms with Crippen LogP contribution in [0.25, 0.3) is 0 Å². The molecule has 0 radical (unpaired) electrons. The van der Waals surface area contributed by atoms with Gasteiger partial charge in [0.25, 0.3) is 0 Å². The molecular formula is C8H13N3O2. The second-order valence-electron chi connectivity index (χ2n) is 2.51. The fourth-order valence-electron chi connectivity index (χ4n) is 0.877. The van der Waals surface area contributed by atoms with Gasteiger partial charge in [-0.1, -0.05) is 0 Å². The van der Waals surface area contributed by atoms with Crippen molar-refractivity contribution in [2.75, 3.05) is 14.2 Å². The highest BCUT2D eigenvalue weighted by molar-refractivity contribution is 5.16. The monoisotopic (exact) mass is 183 g/mol. The van der Waals surface area contributed by atoms with Crippen molar-refractivity contribution in [2.24, 2.45) is 0 Å². The minimum atomic E-state index is 0.374. The molecule has 1 heterocycles. The number of aryl methyl sites for hydroxylation is 1. The fraction of sp³-hybridized carbons (Fsp3) is 0.500. The molecule has 0 aliphatic heterocycles. The van der Waals surface area contributed by atoms with Gasteiger partial charge in [0.2, 0.25) is 0 Å². The maximum Gasteiger partial charge on any atom is 0.316 e. The highest BCUT2D eigenvalue weighted by atomic mass is 16.6. The average molecular weight is 183 g/mol. The molecule has 5 nitrogen and oxygen atoms in total. The summed E-state index contributed by atoms with van der Waals surface area (Å²) in [7, 11) is 3.10. The summed E-state index contributed by atoms with van der Waals surface area (Å²) in [6.07, 6.45) is 1.72. The molecule has 1 rings (SSSR count). The summed E-state index contributed by atoms with van der Waals surface area (Å²) >= 11 is 0. The van der Waals surface area contributed by atoms with Gasteiger partial charge in [0, 0.05) is 6.20 Å². The summed E-state index contributed by atoms with van der Waals surface area (Å²) in [5.74, 6) is 0. The van der Waals surface area contributed by atoms with E-state index in [4.69, 9.17) is 9.57 Å². The molecule has 13 heavy (non-hydrogen) atoms. The lowest BCUT2D eigenvalue weighted by Gasteiger charge is -2.05. The zero-order chi connectivity index (χ0) is 9.68. The van der Waals surface area contributed by atoms with Gasteiger partial charge in [-0.3, -0.25) is 0 Å². The molecule has 0 atom stereocenters. The topological polar surface area (TPSA) is 56.3 Å². The van der Waals surface area contributed by atoms with Crippen LogP contribution >= 0.6 is 0 Å². The third-order valence-corrected chi connectivity index (χ3v) is 1.62. The van der Waals surface area contributed by atoms with Crippen LogP contribution in [0.15, 0.2) is 6.20 Å². The van der Waals surface area contributed by atoms with Gasteiger partial charge in [0.1, 0.15) is 0 Å².